The number of benzene rings is 1. The molecule has 0 bridgehead atoms. The van der Waals surface area contributed by atoms with E-state index in [0.29, 0.717) is 17.7 Å². The standard InChI is InChI=1S/C16H14ClF4N5/c1-9(12-4-3-11(7-13(12)18)16(19,20)21)25-5-6-26(24-25)15-8-14(17)22-10(2)23-15/h3-9,24H,1-2H3. The highest BCUT2D eigenvalue weighted by molar-refractivity contribution is 6.29. The van der Waals surface area contributed by atoms with Gasteiger partial charge in [0.25, 0.3) is 0 Å². The Hall–Kier alpha value is -2.39. The Balaban J connectivity index is 1.78. The lowest BCUT2D eigenvalue weighted by atomic mass is 10.0. The van der Waals surface area contributed by atoms with Gasteiger partial charge in [0.1, 0.15) is 16.8 Å². The van der Waals surface area contributed by atoms with Crippen LogP contribution in [0, 0.1) is 12.7 Å². The number of hydrogen-bond acceptors (Lipinski definition) is 5. The first kappa shape index (κ1) is 18.4. The summed E-state index contributed by atoms with van der Waals surface area (Å²) in [5, 5.41) is 3.35. The van der Waals surface area contributed by atoms with Gasteiger partial charge in [0.15, 0.2) is 5.82 Å². The molecule has 138 valence electrons. The number of rotatable bonds is 3. The fraction of sp³-hybridized carbons (Fsp3) is 0.250. The summed E-state index contributed by atoms with van der Waals surface area (Å²) in [5.74, 6) is 0.0197. The van der Waals surface area contributed by atoms with Crippen LogP contribution in [-0.2, 0) is 6.18 Å². The molecule has 3 rings (SSSR count). The number of nitrogens with zero attached hydrogens (tertiary/aromatic N) is 4. The van der Waals surface area contributed by atoms with E-state index < -0.39 is 23.6 Å². The highest BCUT2D eigenvalue weighted by Crippen LogP contribution is 2.33. The zero-order valence-corrected chi connectivity index (χ0v) is 14.5. The molecule has 5 nitrogen and oxygen atoms in total. The average molecular weight is 388 g/mol. The molecule has 2 aromatic rings. The van der Waals surface area contributed by atoms with Crippen molar-refractivity contribution in [3.05, 3.63) is 64.6 Å². The van der Waals surface area contributed by atoms with Crippen molar-refractivity contribution in [3.8, 4) is 0 Å². The second-order valence-corrected chi connectivity index (χ2v) is 6.07. The maximum atomic E-state index is 14.2. The number of anilines is 1. The molecule has 1 aromatic carbocycles. The van der Waals surface area contributed by atoms with E-state index in [9.17, 15) is 17.6 Å². The molecule has 0 saturated carbocycles. The van der Waals surface area contributed by atoms with E-state index in [2.05, 4.69) is 15.5 Å². The van der Waals surface area contributed by atoms with Crippen LogP contribution in [0.4, 0.5) is 23.4 Å². The van der Waals surface area contributed by atoms with Crippen molar-refractivity contribution in [2.24, 2.45) is 0 Å². The molecule has 26 heavy (non-hydrogen) atoms. The van der Waals surface area contributed by atoms with Crippen molar-refractivity contribution in [2.75, 3.05) is 5.01 Å². The summed E-state index contributed by atoms with van der Waals surface area (Å²) >= 11 is 5.91. The molecule has 2 heterocycles. The quantitative estimate of drug-likeness (QED) is 0.626. The van der Waals surface area contributed by atoms with Gasteiger partial charge in [-0.05, 0) is 26.0 Å². The van der Waals surface area contributed by atoms with Crippen LogP contribution < -0.4 is 10.5 Å². The number of nitrogens with one attached hydrogen (secondary N) is 1. The number of hydrazine groups is 2. The largest absolute Gasteiger partial charge is 0.416 e. The summed E-state index contributed by atoms with van der Waals surface area (Å²) in [6, 6.07) is 3.46. The van der Waals surface area contributed by atoms with Crippen molar-refractivity contribution in [2.45, 2.75) is 26.1 Å². The molecular weight excluding hydrogens is 374 g/mol. The first-order chi connectivity index (χ1) is 12.1. The topological polar surface area (TPSA) is 44.3 Å². The van der Waals surface area contributed by atoms with Gasteiger partial charge in [-0.1, -0.05) is 17.7 Å². The lowest BCUT2D eigenvalue weighted by Crippen LogP contribution is -2.41. The Labute approximate surface area is 151 Å². The lowest BCUT2D eigenvalue weighted by molar-refractivity contribution is -0.137. The van der Waals surface area contributed by atoms with Crippen LogP contribution in [0.2, 0.25) is 5.15 Å². The van der Waals surface area contributed by atoms with Gasteiger partial charge in [-0.3, -0.25) is 5.01 Å². The molecule has 0 aliphatic carbocycles. The Morgan fingerprint density at radius 2 is 1.88 bits per heavy atom. The predicted molar refractivity (Wildman–Crippen MR) is 88.2 cm³/mol. The number of halogens is 5. The fourth-order valence-electron chi connectivity index (χ4n) is 2.50. The Morgan fingerprint density at radius 3 is 2.50 bits per heavy atom. The summed E-state index contributed by atoms with van der Waals surface area (Å²) in [7, 11) is 0. The molecular formula is C16H14ClF4N5. The highest BCUT2D eigenvalue weighted by Gasteiger charge is 2.32. The first-order valence-electron chi connectivity index (χ1n) is 7.55. The Morgan fingerprint density at radius 1 is 1.15 bits per heavy atom. The second-order valence-electron chi connectivity index (χ2n) is 5.68. The fourth-order valence-corrected chi connectivity index (χ4v) is 2.72. The summed E-state index contributed by atoms with van der Waals surface area (Å²) in [6.07, 6.45) is -1.33. The normalized spacial score (nSPS) is 15.7. The third-order valence-corrected chi connectivity index (χ3v) is 4.03. The summed E-state index contributed by atoms with van der Waals surface area (Å²) < 4.78 is 52.2. The molecule has 0 amide bonds. The number of aromatic nitrogens is 2. The van der Waals surface area contributed by atoms with E-state index in [0.717, 1.165) is 12.1 Å². The summed E-state index contributed by atoms with van der Waals surface area (Å²) in [6.45, 7) is 3.35. The van der Waals surface area contributed by atoms with Gasteiger partial charge in [-0.15, -0.1) is 5.53 Å². The molecule has 0 fully saturated rings. The van der Waals surface area contributed by atoms with Crippen LogP contribution in [0.5, 0.6) is 0 Å². The van der Waals surface area contributed by atoms with E-state index >= 15 is 0 Å². The van der Waals surface area contributed by atoms with E-state index in [1.165, 1.54) is 5.01 Å². The van der Waals surface area contributed by atoms with E-state index in [4.69, 9.17) is 11.6 Å². The number of hydrogen-bond donors (Lipinski definition) is 1. The van der Waals surface area contributed by atoms with Crippen molar-refractivity contribution < 1.29 is 17.6 Å². The second kappa shape index (κ2) is 6.73. The smallest absolute Gasteiger partial charge is 0.289 e. The lowest BCUT2D eigenvalue weighted by Gasteiger charge is -2.28. The molecule has 1 aliphatic heterocycles. The highest BCUT2D eigenvalue weighted by atomic mass is 35.5. The van der Waals surface area contributed by atoms with Gasteiger partial charge in [0, 0.05) is 24.0 Å². The molecule has 0 spiro atoms. The maximum absolute atomic E-state index is 14.2. The zero-order chi connectivity index (χ0) is 19.1. The van der Waals surface area contributed by atoms with E-state index in [-0.39, 0.29) is 10.7 Å². The molecule has 1 aliphatic rings. The molecule has 1 aromatic heterocycles. The van der Waals surface area contributed by atoms with Crippen LogP contribution in [0.15, 0.2) is 36.7 Å². The predicted octanol–water partition coefficient (Wildman–Crippen LogP) is 4.37. The van der Waals surface area contributed by atoms with Crippen LogP contribution in [0.25, 0.3) is 0 Å². The van der Waals surface area contributed by atoms with Crippen LogP contribution in [-0.4, -0.2) is 15.0 Å². The summed E-state index contributed by atoms with van der Waals surface area (Å²) in [4.78, 5) is 8.20. The van der Waals surface area contributed by atoms with Gasteiger partial charge in [0.05, 0.1) is 11.6 Å². The minimum atomic E-state index is -4.59. The van der Waals surface area contributed by atoms with Crippen LogP contribution in [0.3, 0.4) is 0 Å². The van der Waals surface area contributed by atoms with Crippen molar-refractivity contribution in [3.63, 3.8) is 0 Å². The molecule has 0 saturated heterocycles. The van der Waals surface area contributed by atoms with Gasteiger partial charge >= 0.3 is 6.18 Å². The maximum Gasteiger partial charge on any atom is 0.416 e. The van der Waals surface area contributed by atoms with Gasteiger partial charge in [0.2, 0.25) is 0 Å². The first-order valence-corrected chi connectivity index (χ1v) is 7.93. The SMILES string of the molecule is Cc1nc(Cl)cc(N2C=CN(C(C)c3ccc(C(F)(F)F)cc3F)N2)n1. The average Bonchev–Trinajstić information content (AvgIpc) is 3.02. The van der Waals surface area contributed by atoms with Gasteiger partial charge in [-0.2, -0.15) is 13.2 Å². The van der Waals surface area contributed by atoms with Crippen LogP contribution in [0.1, 0.15) is 29.9 Å². The van der Waals surface area contributed by atoms with Crippen LogP contribution >= 0.6 is 11.6 Å². The molecule has 0 radical (unpaired) electrons. The third kappa shape index (κ3) is 3.73. The van der Waals surface area contributed by atoms with E-state index in [1.54, 1.807) is 37.3 Å². The monoisotopic (exact) mass is 387 g/mol. The Kier molecular flexibility index (Phi) is 4.76. The summed E-state index contributed by atoms with van der Waals surface area (Å²) in [5.41, 5.74) is 2.04. The van der Waals surface area contributed by atoms with Crippen molar-refractivity contribution >= 4 is 17.4 Å². The third-order valence-electron chi connectivity index (χ3n) is 3.83. The Bertz CT molecular complexity index is 835. The van der Waals surface area contributed by atoms with Crippen molar-refractivity contribution in [1.82, 2.24) is 20.5 Å². The van der Waals surface area contributed by atoms with Crippen molar-refractivity contribution in [1.29, 1.82) is 0 Å². The zero-order valence-electron chi connectivity index (χ0n) is 13.7. The number of alkyl halides is 3. The molecule has 1 atom stereocenters. The molecule has 1 N–H and O–H groups in total. The minimum absolute atomic E-state index is 0.119. The number of aryl methyl sites for hydroxylation is 1. The minimum Gasteiger partial charge on any atom is -0.289 e. The van der Waals surface area contributed by atoms with Gasteiger partial charge < -0.3 is 0 Å². The molecule has 10 heteroatoms. The van der Waals surface area contributed by atoms with E-state index in [1.807, 2.05) is 0 Å². The van der Waals surface area contributed by atoms with Gasteiger partial charge in [-0.25, -0.2) is 19.4 Å². The molecule has 1 unspecified atom stereocenters.